The second-order valence-corrected chi connectivity index (χ2v) is 6.06. The Morgan fingerprint density at radius 1 is 1.45 bits per heavy atom. The Labute approximate surface area is 132 Å². The first kappa shape index (κ1) is 15.2. The number of thiophene rings is 1. The molecule has 0 aliphatic rings. The van der Waals surface area contributed by atoms with E-state index in [1.165, 1.54) is 16.5 Å². The summed E-state index contributed by atoms with van der Waals surface area (Å²) in [5.74, 6) is -0.432. The van der Waals surface area contributed by atoms with Crippen molar-refractivity contribution in [3.63, 3.8) is 0 Å². The Morgan fingerprint density at radius 3 is 2.75 bits per heavy atom. The van der Waals surface area contributed by atoms with Gasteiger partial charge in [-0.2, -0.15) is 0 Å². The van der Waals surface area contributed by atoms with E-state index in [2.05, 4.69) is 18.3 Å². The minimum atomic E-state index is -0.432. The van der Waals surface area contributed by atoms with Gasteiger partial charge in [0.2, 0.25) is 0 Å². The largest absolute Gasteiger partial charge is 0.365 e. The lowest BCUT2D eigenvalue weighted by Crippen LogP contribution is -2.37. The van der Waals surface area contributed by atoms with Crippen molar-refractivity contribution >= 4 is 46.0 Å². The number of hydrogen-bond donors (Lipinski definition) is 1. The van der Waals surface area contributed by atoms with Gasteiger partial charge in [0.05, 0.1) is 11.6 Å². The van der Waals surface area contributed by atoms with Crippen LogP contribution in [0.15, 0.2) is 29.6 Å². The molecule has 0 aliphatic heterocycles. The lowest BCUT2D eigenvalue weighted by Gasteiger charge is -2.25. The van der Waals surface area contributed by atoms with Gasteiger partial charge in [0.15, 0.2) is 5.11 Å². The SMILES string of the molecule is CNC(=S)N(Cc1sccc1C)c1ccc(F)c(Cl)c1. The fourth-order valence-corrected chi connectivity index (χ4v) is 3.02. The number of rotatable bonds is 3. The predicted octanol–water partition coefficient (Wildman–Crippen LogP) is 4.36. The Hall–Kier alpha value is -1.17. The Bertz CT molecular complexity index is 627. The third-order valence-corrected chi connectivity index (χ3v) is 4.67. The molecule has 1 N–H and O–H groups in total. The molecule has 0 spiro atoms. The van der Waals surface area contributed by atoms with Crippen molar-refractivity contribution in [1.82, 2.24) is 5.32 Å². The predicted molar refractivity (Wildman–Crippen MR) is 88.3 cm³/mol. The molecule has 1 aromatic carbocycles. The van der Waals surface area contributed by atoms with Crippen LogP contribution in [-0.2, 0) is 6.54 Å². The van der Waals surface area contributed by atoms with E-state index in [0.717, 1.165) is 5.69 Å². The minimum absolute atomic E-state index is 0.0919. The van der Waals surface area contributed by atoms with E-state index in [-0.39, 0.29) is 5.02 Å². The molecule has 1 aromatic heterocycles. The van der Waals surface area contributed by atoms with Gasteiger partial charge in [-0.05, 0) is 54.4 Å². The summed E-state index contributed by atoms with van der Waals surface area (Å²) in [6.07, 6.45) is 0. The fourth-order valence-electron chi connectivity index (χ4n) is 1.78. The van der Waals surface area contributed by atoms with Gasteiger partial charge in [0.25, 0.3) is 0 Å². The molecule has 0 saturated heterocycles. The van der Waals surface area contributed by atoms with Gasteiger partial charge in [0, 0.05) is 17.6 Å². The quantitative estimate of drug-likeness (QED) is 0.843. The molecule has 0 aliphatic carbocycles. The Balaban J connectivity index is 2.34. The van der Waals surface area contributed by atoms with Gasteiger partial charge in [0.1, 0.15) is 5.82 Å². The van der Waals surface area contributed by atoms with Crippen LogP contribution in [0, 0.1) is 12.7 Å². The van der Waals surface area contributed by atoms with E-state index < -0.39 is 5.82 Å². The van der Waals surface area contributed by atoms with Gasteiger partial charge >= 0.3 is 0 Å². The van der Waals surface area contributed by atoms with Crippen LogP contribution in [0.1, 0.15) is 10.4 Å². The highest BCUT2D eigenvalue weighted by molar-refractivity contribution is 7.80. The number of nitrogens with zero attached hydrogens (tertiary/aromatic N) is 1. The fraction of sp³-hybridized carbons (Fsp3) is 0.214. The van der Waals surface area contributed by atoms with Gasteiger partial charge in [-0.1, -0.05) is 11.6 Å². The lowest BCUT2D eigenvalue weighted by molar-refractivity contribution is 0.628. The molecule has 0 bridgehead atoms. The first-order valence-corrected chi connectivity index (χ1v) is 7.66. The van der Waals surface area contributed by atoms with Gasteiger partial charge < -0.3 is 10.2 Å². The maximum atomic E-state index is 13.3. The second kappa shape index (κ2) is 6.52. The molecule has 0 fully saturated rings. The number of thiocarbonyl (C=S) groups is 1. The molecule has 2 aromatic rings. The molecule has 0 amide bonds. The van der Waals surface area contributed by atoms with Crippen LogP contribution in [-0.4, -0.2) is 12.2 Å². The molecule has 20 heavy (non-hydrogen) atoms. The van der Waals surface area contributed by atoms with Crippen LogP contribution in [0.25, 0.3) is 0 Å². The molecule has 1 heterocycles. The molecule has 2 nitrogen and oxygen atoms in total. The molecule has 0 unspecified atom stereocenters. The van der Waals surface area contributed by atoms with E-state index in [0.29, 0.717) is 11.7 Å². The zero-order valence-electron chi connectivity index (χ0n) is 11.1. The van der Waals surface area contributed by atoms with Crippen LogP contribution in [0.4, 0.5) is 10.1 Å². The summed E-state index contributed by atoms with van der Waals surface area (Å²) in [4.78, 5) is 3.11. The van der Waals surface area contributed by atoms with Gasteiger partial charge in [-0.15, -0.1) is 11.3 Å². The van der Waals surface area contributed by atoms with Crippen LogP contribution in [0.2, 0.25) is 5.02 Å². The molecule has 6 heteroatoms. The number of halogens is 2. The molecule has 0 radical (unpaired) electrons. The normalized spacial score (nSPS) is 10.4. The first-order valence-electron chi connectivity index (χ1n) is 6.00. The number of benzene rings is 1. The van der Waals surface area contributed by atoms with Crippen molar-refractivity contribution in [2.45, 2.75) is 13.5 Å². The average molecular weight is 329 g/mol. The van der Waals surface area contributed by atoms with Crippen molar-refractivity contribution in [2.75, 3.05) is 11.9 Å². The summed E-state index contributed by atoms with van der Waals surface area (Å²) in [5.41, 5.74) is 1.98. The number of aryl methyl sites for hydroxylation is 1. The zero-order valence-corrected chi connectivity index (χ0v) is 13.5. The molecule has 106 valence electrons. The third kappa shape index (κ3) is 3.29. The van der Waals surface area contributed by atoms with E-state index in [4.69, 9.17) is 23.8 Å². The monoisotopic (exact) mass is 328 g/mol. The molecule has 2 rings (SSSR count). The third-order valence-electron chi connectivity index (χ3n) is 2.94. The van der Waals surface area contributed by atoms with E-state index in [1.807, 2.05) is 10.3 Å². The van der Waals surface area contributed by atoms with Crippen LogP contribution in [0.5, 0.6) is 0 Å². The van der Waals surface area contributed by atoms with Gasteiger partial charge in [-0.3, -0.25) is 0 Å². The van der Waals surface area contributed by atoms with Crippen molar-refractivity contribution < 1.29 is 4.39 Å². The van der Waals surface area contributed by atoms with Crippen molar-refractivity contribution in [3.8, 4) is 0 Å². The topological polar surface area (TPSA) is 15.3 Å². The standard InChI is InChI=1S/C14H14ClFN2S2/c1-9-5-6-20-13(9)8-18(14(19)17-2)10-3-4-12(16)11(15)7-10/h3-7H,8H2,1-2H3,(H,17,19). The summed E-state index contributed by atoms with van der Waals surface area (Å²) in [6, 6.07) is 6.68. The second-order valence-electron chi connectivity index (χ2n) is 4.27. The Morgan fingerprint density at radius 2 is 2.20 bits per heavy atom. The summed E-state index contributed by atoms with van der Waals surface area (Å²) >= 11 is 12.9. The summed E-state index contributed by atoms with van der Waals surface area (Å²) in [5, 5.41) is 5.66. The van der Waals surface area contributed by atoms with Crippen molar-refractivity contribution in [1.29, 1.82) is 0 Å². The smallest absolute Gasteiger partial charge is 0.173 e. The maximum absolute atomic E-state index is 13.3. The number of nitrogens with one attached hydrogen (secondary N) is 1. The molecular formula is C14H14ClFN2S2. The molecule has 0 atom stereocenters. The van der Waals surface area contributed by atoms with E-state index in [1.54, 1.807) is 30.5 Å². The zero-order chi connectivity index (χ0) is 14.7. The molecular weight excluding hydrogens is 315 g/mol. The first-order chi connectivity index (χ1) is 9.52. The Kier molecular flexibility index (Phi) is 4.96. The highest BCUT2D eigenvalue weighted by Gasteiger charge is 2.15. The summed E-state index contributed by atoms with van der Waals surface area (Å²) in [7, 11) is 1.77. The number of hydrogen-bond acceptors (Lipinski definition) is 2. The number of anilines is 1. The van der Waals surface area contributed by atoms with E-state index >= 15 is 0 Å². The van der Waals surface area contributed by atoms with Crippen LogP contribution in [0.3, 0.4) is 0 Å². The highest BCUT2D eigenvalue weighted by Crippen LogP contribution is 2.26. The summed E-state index contributed by atoms with van der Waals surface area (Å²) in [6.45, 7) is 2.69. The average Bonchev–Trinajstić information content (AvgIpc) is 2.84. The van der Waals surface area contributed by atoms with Gasteiger partial charge in [-0.25, -0.2) is 4.39 Å². The molecule has 0 saturated carbocycles. The van der Waals surface area contributed by atoms with Crippen LogP contribution < -0.4 is 10.2 Å². The van der Waals surface area contributed by atoms with E-state index in [9.17, 15) is 4.39 Å². The van der Waals surface area contributed by atoms with Crippen molar-refractivity contribution in [3.05, 3.63) is 50.9 Å². The summed E-state index contributed by atoms with van der Waals surface area (Å²) < 4.78 is 13.3. The van der Waals surface area contributed by atoms with Crippen molar-refractivity contribution in [2.24, 2.45) is 0 Å². The lowest BCUT2D eigenvalue weighted by atomic mass is 10.2. The minimum Gasteiger partial charge on any atom is -0.365 e. The maximum Gasteiger partial charge on any atom is 0.173 e. The highest BCUT2D eigenvalue weighted by atomic mass is 35.5. The van der Waals surface area contributed by atoms with Crippen LogP contribution >= 0.6 is 35.2 Å².